The predicted octanol–water partition coefficient (Wildman–Crippen LogP) is 1.81. The Kier molecular flexibility index (Phi) is 3.21. The predicted molar refractivity (Wildman–Crippen MR) is 60.8 cm³/mol. The molecule has 1 fully saturated rings. The zero-order chi connectivity index (χ0) is 10.7. The Balaban J connectivity index is 2.09. The van der Waals surface area contributed by atoms with Crippen molar-refractivity contribution in [3.63, 3.8) is 0 Å². The van der Waals surface area contributed by atoms with Crippen LogP contribution >= 0.6 is 0 Å². The molecule has 0 saturated heterocycles. The fraction of sp³-hybridized carbons (Fsp3) is 0.583. The standard InChI is InChI=1S/C12H18N2O/c1-2-14(8-10-6-7-10)12-5-3-4-11(9-15)13-12/h3-5,10,15H,2,6-9H2,1H3. The Morgan fingerprint density at radius 1 is 1.47 bits per heavy atom. The van der Waals surface area contributed by atoms with Crippen LogP contribution in [-0.4, -0.2) is 23.2 Å². The van der Waals surface area contributed by atoms with E-state index in [9.17, 15) is 0 Å². The van der Waals surface area contributed by atoms with Crippen molar-refractivity contribution in [2.75, 3.05) is 18.0 Å². The summed E-state index contributed by atoms with van der Waals surface area (Å²) in [7, 11) is 0. The van der Waals surface area contributed by atoms with Crippen LogP contribution in [0, 0.1) is 5.92 Å². The summed E-state index contributed by atoms with van der Waals surface area (Å²) in [6.07, 6.45) is 2.71. The maximum absolute atomic E-state index is 9.03. The lowest BCUT2D eigenvalue weighted by molar-refractivity contribution is 0.277. The van der Waals surface area contributed by atoms with E-state index in [1.54, 1.807) is 0 Å². The van der Waals surface area contributed by atoms with E-state index >= 15 is 0 Å². The number of hydrogen-bond donors (Lipinski definition) is 1. The molecule has 1 aliphatic carbocycles. The molecule has 1 saturated carbocycles. The fourth-order valence-corrected chi connectivity index (χ4v) is 1.73. The van der Waals surface area contributed by atoms with Crippen LogP contribution in [0.25, 0.3) is 0 Å². The molecule has 1 heterocycles. The normalized spacial score (nSPS) is 15.3. The average Bonchev–Trinajstić information content (AvgIpc) is 3.10. The quantitative estimate of drug-likeness (QED) is 0.798. The minimum atomic E-state index is 0.0226. The monoisotopic (exact) mass is 206 g/mol. The highest BCUT2D eigenvalue weighted by atomic mass is 16.3. The van der Waals surface area contributed by atoms with Crippen molar-refractivity contribution in [1.82, 2.24) is 4.98 Å². The molecule has 1 aromatic heterocycles. The van der Waals surface area contributed by atoms with Crippen LogP contribution in [0.5, 0.6) is 0 Å². The van der Waals surface area contributed by atoms with E-state index in [0.717, 1.165) is 30.5 Å². The third-order valence-electron chi connectivity index (χ3n) is 2.84. The number of nitrogens with zero attached hydrogens (tertiary/aromatic N) is 2. The second-order valence-electron chi connectivity index (χ2n) is 4.13. The molecular formula is C12H18N2O. The molecule has 0 bridgehead atoms. The summed E-state index contributed by atoms with van der Waals surface area (Å²) < 4.78 is 0. The first-order chi connectivity index (χ1) is 7.33. The van der Waals surface area contributed by atoms with Crippen molar-refractivity contribution in [3.05, 3.63) is 23.9 Å². The lowest BCUT2D eigenvalue weighted by Gasteiger charge is -2.22. The number of aliphatic hydroxyl groups excluding tert-OH is 1. The van der Waals surface area contributed by atoms with Gasteiger partial charge in [0.05, 0.1) is 12.3 Å². The Morgan fingerprint density at radius 2 is 2.27 bits per heavy atom. The van der Waals surface area contributed by atoms with Crippen LogP contribution in [0.1, 0.15) is 25.5 Å². The van der Waals surface area contributed by atoms with Gasteiger partial charge in [0.25, 0.3) is 0 Å². The van der Waals surface area contributed by atoms with Crippen LogP contribution in [-0.2, 0) is 6.61 Å². The molecule has 82 valence electrons. The van der Waals surface area contributed by atoms with E-state index in [1.165, 1.54) is 12.8 Å². The van der Waals surface area contributed by atoms with Gasteiger partial charge in [0.2, 0.25) is 0 Å². The maximum Gasteiger partial charge on any atom is 0.128 e. The summed E-state index contributed by atoms with van der Waals surface area (Å²) in [5.74, 6) is 1.86. The zero-order valence-electron chi connectivity index (χ0n) is 9.19. The minimum Gasteiger partial charge on any atom is -0.390 e. The van der Waals surface area contributed by atoms with Crippen LogP contribution in [0.4, 0.5) is 5.82 Å². The Labute approximate surface area is 90.8 Å². The summed E-state index contributed by atoms with van der Waals surface area (Å²) in [5.41, 5.74) is 0.752. The summed E-state index contributed by atoms with van der Waals surface area (Å²) in [5, 5.41) is 9.03. The first kappa shape index (κ1) is 10.4. The summed E-state index contributed by atoms with van der Waals surface area (Å²) in [6, 6.07) is 5.84. The third kappa shape index (κ3) is 2.69. The number of hydrogen-bond acceptors (Lipinski definition) is 3. The van der Waals surface area contributed by atoms with Gasteiger partial charge in [-0.1, -0.05) is 6.07 Å². The van der Waals surface area contributed by atoms with Gasteiger partial charge in [-0.2, -0.15) is 0 Å². The topological polar surface area (TPSA) is 36.4 Å². The molecule has 3 nitrogen and oxygen atoms in total. The Hall–Kier alpha value is -1.09. The molecule has 1 aliphatic rings. The van der Waals surface area contributed by atoms with Crippen molar-refractivity contribution in [3.8, 4) is 0 Å². The first-order valence-corrected chi connectivity index (χ1v) is 5.65. The number of pyridine rings is 1. The number of aliphatic hydroxyl groups is 1. The molecule has 0 unspecified atom stereocenters. The van der Waals surface area contributed by atoms with E-state index in [1.807, 2.05) is 18.2 Å². The molecule has 0 aromatic carbocycles. The molecule has 0 atom stereocenters. The van der Waals surface area contributed by atoms with E-state index in [2.05, 4.69) is 16.8 Å². The lowest BCUT2D eigenvalue weighted by atomic mass is 10.3. The highest BCUT2D eigenvalue weighted by Gasteiger charge is 2.24. The van der Waals surface area contributed by atoms with Gasteiger partial charge in [-0.05, 0) is 37.8 Å². The van der Waals surface area contributed by atoms with Gasteiger partial charge in [-0.15, -0.1) is 0 Å². The number of anilines is 1. The minimum absolute atomic E-state index is 0.0226. The third-order valence-corrected chi connectivity index (χ3v) is 2.84. The van der Waals surface area contributed by atoms with Gasteiger partial charge in [-0.3, -0.25) is 0 Å². The second kappa shape index (κ2) is 4.62. The summed E-state index contributed by atoms with van der Waals surface area (Å²) in [4.78, 5) is 6.71. The van der Waals surface area contributed by atoms with Crippen LogP contribution in [0.2, 0.25) is 0 Å². The molecule has 0 aliphatic heterocycles. The molecule has 0 radical (unpaired) electrons. The largest absolute Gasteiger partial charge is 0.390 e. The molecule has 2 rings (SSSR count). The van der Waals surface area contributed by atoms with E-state index < -0.39 is 0 Å². The lowest BCUT2D eigenvalue weighted by Crippen LogP contribution is -2.26. The van der Waals surface area contributed by atoms with Gasteiger partial charge in [0, 0.05) is 13.1 Å². The highest BCUT2D eigenvalue weighted by Crippen LogP contribution is 2.30. The van der Waals surface area contributed by atoms with E-state index in [-0.39, 0.29) is 6.61 Å². The van der Waals surface area contributed by atoms with Gasteiger partial charge in [0.15, 0.2) is 0 Å². The Bertz CT molecular complexity index is 323. The van der Waals surface area contributed by atoms with Crippen molar-refractivity contribution in [2.45, 2.75) is 26.4 Å². The Morgan fingerprint density at radius 3 is 2.87 bits per heavy atom. The molecule has 0 spiro atoms. The van der Waals surface area contributed by atoms with Crippen LogP contribution < -0.4 is 4.90 Å². The maximum atomic E-state index is 9.03. The summed E-state index contributed by atoms with van der Waals surface area (Å²) >= 11 is 0. The zero-order valence-corrected chi connectivity index (χ0v) is 9.19. The van der Waals surface area contributed by atoms with Crippen LogP contribution in [0.3, 0.4) is 0 Å². The molecule has 0 amide bonds. The van der Waals surface area contributed by atoms with Gasteiger partial charge < -0.3 is 10.0 Å². The van der Waals surface area contributed by atoms with Crippen molar-refractivity contribution in [2.24, 2.45) is 5.92 Å². The molecule has 1 aromatic rings. The SMILES string of the molecule is CCN(CC1CC1)c1cccc(CO)n1. The van der Waals surface area contributed by atoms with Gasteiger partial charge in [-0.25, -0.2) is 4.98 Å². The van der Waals surface area contributed by atoms with Crippen LogP contribution in [0.15, 0.2) is 18.2 Å². The number of rotatable bonds is 5. The van der Waals surface area contributed by atoms with E-state index in [4.69, 9.17) is 5.11 Å². The van der Waals surface area contributed by atoms with Crippen molar-refractivity contribution < 1.29 is 5.11 Å². The smallest absolute Gasteiger partial charge is 0.128 e. The highest BCUT2D eigenvalue weighted by molar-refractivity contribution is 5.39. The average molecular weight is 206 g/mol. The number of aromatic nitrogens is 1. The van der Waals surface area contributed by atoms with Gasteiger partial charge >= 0.3 is 0 Å². The second-order valence-corrected chi connectivity index (χ2v) is 4.13. The molecule has 3 heteroatoms. The fourth-order valence-electron chi connectivity index (χ4n) is 1.73. The first-order valence-electron chi connectivity index (χ1n) is 5.65. The van der Waals surface area contributed by atoms with E-state index in [0.29, 0.717) is 0 Å². The molecule has 1 N–H and O–H groups in total. The molecular weight excluding hydrogens is 188 g/mol. The van der Waals surface area contributed by atoms with Crippen molar-refractivity contribution in [1.29, 1.82) is 0 Å². The summed E-state index contributed by atoms with van der Waals surface area (Å²) in [6.45, 7) is 4.27. The van der Waals surface area contributed by atoms with Gasteiger partial charge in [0.1, 0.15) is 5.82 Å². The molecule has 15 heavy (non-hydrogen) atoms. The van der Waals surface area contributed by atoms with Crippen molar-refractivity contribution >= 4 is 5.82 Å².